The Hall–Kier alpha value is -5.91. The van der Waals surface area contributed by atoms with Crippen LogP contribution >= 0.6 is 0 Å². The summed E-state index contributed by atoms with van der Waals surface area (Å²) >= 11 is 0. The molecule has 43 heavy (non-hydrogen) atoms. The van der Waals surface area contributed by atoms with Crippen LogP contribution in [0.15, 0.2) is 140 Å². The van der Waals surface area contributed by atoms with Gasteiger partial charge in [0, 0.05) is 10.9 Å². The van der Waals surface area contributed by atoms with Gasteiger partial charge in [-0.25, -0.2) is 0 Å². The second-order valence-electron chi connectivity index (χ2n) is 11.2. The van der Waals surface area contributed by atoms with Crippen LogP contribution in [0.4, 0.5) is 0 Å². The first-order valence-electron chi connectivity index (χ1n) is 14.5. The molecule has 0 bridgehead atoms. The molecule has 198 valence electrons. The minimum absolute atomic E-state index is 0.596. The van der Waals surface area contributed by atoms with Gasteiger partial charge in [-0.05, 0) is 95.9 Å². The van der Waals surface area contributed by atoms with E-state index in [-0.39, 0.29) is 0 Å². The van der Waals surface area contributed by atoms with Crippen molar-refractivity contribution in [1.82, 2.24) is 0 Å². The van der Waals surface area contributed by atoms with E-state index < -0.39 is 0 Å². The van der Waals surface area contributed by atoms with E-state index in [4.69, 9.17) is 4.74 Å². The maximum absolute atomic E-state index is 9.38. The van der Waals surface area contributed by atoms with Crippen LogP contribution in [0.2, 0.25) is 0 Å². The molecule has 0 saturated carbocycles. The summed E-state index contributed by atoms with van der Waals surface area (Å²) in [6.07, 6.45) is 0. The van der Waals surface area contributed by atoms with Crippen LogP contribution in [0, 0.1) is 11.3 Å². The summed E-state index contributed by atoms with van der Waals surface area (Å²) < 4.78 is 6.32. The normalized spacial score (nSPS) is 11.9. The standard InChI is InChI=1S/C41H23NO/c42-24-25-12-18-34-36-11-5-10-35-30(20-21-39(41(35)36)43-40(34)22-25)27-13-15-28(16-14-27)37-23-38-29-7-2-1-6-26(29)17-19-33(38)31-8-3-4-9-32(31)37/h1-23H. The van der Waals surface area contributed by atoms with Crippen molar-refractivity contribution in [2.24, 2.45) is 0 Å². The van der Waals surface area contributed by atoms with Crippen molar-refractivity contribution in [3.8, 4) is 50.9 Å². The Bertz CT molecular complexity index is 2480. The molecule has 0 amide bonds. The fourth-order valence-corrected chi connectivity index (χ4v) is 6.88. The summed E-state index contributed by atoms with van der Waals surface area (Å²) in [5.41, 5.74) is 7.51. The third-order valence-corrected chi connectivity index (χ3v) is 8.90. The van der Waals surface area contributed by atoms with E-state index >= 15 is 0 Å². The van der Waals surface area contributed by atoms with Gasteiger partial charge in [-0.1, -0.05) is 109 Å². The summed E-state index contributed by atoms with van der Waals surface area (Å²) in [7, 11) is 0. The Labute approximate surface area is 248 Å². The predicted octanol–water partition coefficient (Wildman–Crippen LogP) is 11.3. The summed E-state index contributed by atoms with van der Waals surface area (Å²) in [6.45, 7) is 0. The van der Waals surface area contributed by atoms with Gasteiger partial charge in [0.15, 0.2) is 0 Å². The maximum Gasteiger partial charge on any atom is 0.136 e. The number of hydrogen-bond acceptors (Lipinski definition) is 2. The van der Waals surface area contributed by atoms with E-state index in [1.54, 1.807) is 0 Å². The molecule has 1 aliphatic rings. The van der Waals surface area contributed by atoms with Crippen molar-refractivity contribution in [3.63, 3.8) is 0 Å². The highest BCUT2D eigenvalue weighted by atomic mass is 16.5. The largest absolute Gasteiger partial charge is 0.456 e. The Kier molecular flexibility index (Phi) is 5.00. The Morgan fingerprint density at radius 2 is 1.12 bits per heavy atom. The zero-order valence-corrected chi connectivity index (χ0v) is 23.1. The lowest BCUT2D eigenvalue weighted by molar-refractivity contribution is 0.487. The molecule has 0 radical (unpaired) electrons. The van der Waals surface area contributed by atoms with Gasteiger partial charge in [0.1, 0.15) is 11.5 Å². The fraction of sp³-hybridized carbons (Fsp3) is 0. The molecule has 0 spiro atoms. The van der Waals surface area contributed by atoms with Gasteiger partial charge in [-0.2, -0.15) is 5.26 Å². The van der Waals surface area contributed by atoms with Crippen molar-refractivity contribution in [2.75, 3.05) is 0 Å². The number of benzene rings is 8. The van der Waals surface area contributed by atoms with Crippen LogP contribution in [0.25, 0.3) is 76.5 Å². The van der Waals surface area contributed by atoms with E-state index in [1.807, 2.05) is 18.2 Å². The van der Waals surface area contributed by atoms with Crippen molar-refractivity contribution in [2.45, 2.75) is 0 Å². The van der Waals surface area contributed by atoms with E-state index in [1.165, 1.54) is 49.0 Å². The highest BCUT2D eigenvalue weighted by molar-refractivity contribution is 6.21. The van der Waals surface area contributed by atoms with Crippen LogP contribution in [-0.2, 0) is 0 Å². The minimum atomic E-state index is 0.596. The Balaban J connectivity index is 1.20. The molecule has 8 aromatic carbocycles. The van der Waals surface area contributed by atoms with E-state index in [9.17, 15) is 5.26 Å². The first-order valence-corrected chi connectivity index (χ1v) is 14.5. The molecular weight excluding hydrogens is 522 g/mol. The van der Waals surface area contributed by atoms with Crippen molar-refractivity contribution < 1.29 is 4.74 Å². The van der Waals surface area contributed by atoms with Gasteiger partial charge in [-0.15, -0.1) is 0 Å². The van der Waals surface area contributed by atoms with E-state index in [0.29, 0.717) is 5.56 Å². The molecular formula is C41H23NO. The Morgan fingerprint density at radius 3 is 1.95 bits per heavy atom. The molecule has 0 aliphatic carbocycles. The van der Waals surface area contributed by atoms with Gasteiger partial charge in [0.2, 0.25) is 0 Å². The second-order valence-corrected chi connectivity index (χ2v) is 11.2. The van der Waals surface area contributed by atoms with Crippen LogP contribution in [0.1, 0.15) is 5.56 Å². The maximum atomic E-state index is 9.38. The first-order chi connectivity index (χ1) is 21.3. The molecule has 0 atom stereocenters. The number of nitrogens with zero attached hydrogens (tertiary/aromatic N) is 1. The van der Waals surface area contributed by atoms with Crippen LogP contribution < -0.4 is 4.74 Å². The average molecular weight is 546 g/mol. The summed E-state index contributed by atoms with van der Waals surface area (Å²) in [5, 5.41) is 19.3. The number of fused-ring (bicyclic) bond motifs is 7. The summed E-state index contributed by atoms with van der Waals surface area (Å²) in [6, 6.07) is 51.7. The highest BCUT2D eigenvalue weighted by Crippen LogP contribution is 2.49. The lowest BCUT2D eigenvalue weighted by atomic mass is 9.88. The van der Waals surface area contributed by atoms with E-state index in [2.05, 4.69) is 127 Å². The van der Waals surface area contributed by atoms with Gasteiger partial charge in [0.25, 0.3) is 0 Å². The highest BCUT2D eigenvalue weighted by Gasteiger charge is 2.22. The van der Waals surface area contributed by atoms with Gasteiger partial charge in [-0.3, -0.25) is 0 Å². The predicted molar refractivity (Wildman–Crippen MR) is 178 cm³/mol. The molecule has 0 fully saturated rings. The second kappa shape index (κ2) is 9.05. The van der Waals surface area contributed by atoms with Gasteiger partial charge in [0.05, 0.1) is 11.6 Å². The molecule has 2 heteroatoms. The van der Waals surface area contributed by atoms with Crippen molar-refractivity contribution in [3.05, 3.63) is 145 Å². The van der Waals surface area contributed by atoms with E-state index in [0.717, 1.165) is 39.0 Å². The molecule has 0 saturated heterocycles. The molecule has 1 aliphatic heterocycles. The van der Waals surface area contributed by atoms with Crippen LogP contribution in [-0.4, -0.2) is 0 Å². The number of nitriles is 1. The lowest BCUT2D eigenvalue weighted by Gasteiger charge is -2.22. The molecule has 0 N–H and O–H groups in total. The molecule has 0 unspecified atom stereocenters. The monoisotopic (exact) mass is 545 g/mol. The topological polar surface area (TPSA) is 33.0 Å². The quantitative estimate of drug-likeness (QED) is 0.202. The molecule has 0 aromatic heterocycles. The van der Waals surface area contributed by atoms with Crippen molar-refractivity contribution in [1.29, 1.82) is 5.26 Å². The molecule has 9 rings (SSSR count). The zero-order chi connectivity index (χ0) is 28.5. The number of ether oxygens (including phenoxy) is 1. The fourth-order valence-electron chi connectivity index (χ4n) is 6.88. The third-order valence-electron chi connectivity index (χ3n) is 8.90. The molecule has 1 heterocycles. The smallest absolute Gasteiger partial charge is 0.136 e. The SMILES string of the molecule is N#Cc1ccc2c(c1)Oc1ccc(-c3ccc(-c4cc5c6ccccc6ccc5c5ccccc45)cc3)c3cccc-2c13. The number of hydrogen-bond donors (Lipinski definition) is 0. The summed E-state index contributed by atoms with van der Waals surface area (Å²) in [5.74, 6) is 1.55. The van der Waals surface area contributed by atoms with Gasteiger partial charge < -0.3 is 4.74 Å². The van der Waals surface area contributed by atoms with Crippen LogP contribution in [0.3, 0.4) is 0 Å². The molecule has 8 aromatic rings. The average Bonchev–Trinajstić information content (AvgIpc) is 3.08. The van der Waals surface area contributed by atoms with Crippen LogP contribution in [0.5, 0.6) is 11.5 Å². The minimum Gasteiger partial charge on any atom is -0.456 e. The first kappa shape index (κ1) is 23.8. The number of rotatable bonds is 2. The zero-order valence-electron chi connectivity index (χ0n) is 23.1. The molecule has 2 nitrogen and oxygen atoms in total. The lowest BCUT2D eigenvalue weighted by Crippen LogP contribution is -1.98. The third kappa shape index (κ3) is 3.52. The Morgan fingerprint density at radius 1 is 0.419 bits per heavy atom. The van der Waals surface area contributed by atoms with Gasteiger partial charge >= 0.3 is 0 Å². The summed E-state index contributed by atoms with van der Waals surface area (Å²) in [4.78, 5) is 0. The van der Waals surface area contributed by atoms with Crippen molar-refractivity contribution >= 4 is 43.1 Å².